The van der Waals surface area contributed by atoms with E-state index in [1.54, 1.807) is 6.07 Å². The molecule has 0 aliphatic heterocycles. The van der Waals surface area contributed by atoms with Crippen LogP contribution in [0.15, 0.2) is 36.4 Å². The molecule has 0 unspecified atom stereocenters. The molecule has 1 aromatic heterocycles. The van der Waals surface area contributed by atoms with Crippen LogP contribution in [0.4, 0.5) is 9.80 Å². The van der Waals surface area contributed by atoms with E-state index in [0.29, 0.717) is 10.6 Å². The Labute approximate surface area is 176 Å². The Bertz CT molecular complexity index is 841. The highest BCUT2D eigenvalue weighted by molar-refractivity contribution is 7.16. The quantitative estimate of drug-likeness (QED) is 0.613. The van der Waals surface area contributed by atoms with E-state index in [9.17, 15) is 9.59 Å². The number of nitrogen functional groups attached to an aromatic ring is 1. The number of hydrogen-bond acceptors (Lipinski definition) is 5. The van der Waals surface area contributed by atoms with Crippen LogP contribution in [-0.2, 0) is 4.74 Å². The Balaban J connectivity index is 2.15. The van der Waals surface area contributed by atoms with Gasteiger partial charge < -0.3 is 21.1 Å². The number of nitrogens with one attached hydrogen (secondary N) is 2. The third-order valence-electron chi connectivity index (χ3n) is 4.32. The number of benzene rings is 1. The average molecular weight is 418 g/mol. The summed E-state index contributed by atoms with van der Waals surface area (Å²) in [7, 11) is 0. The van der Waals surface area contributed by atoms with E-state index in [2.05, 4.69) is 10.6 Å². The number of hydrogen-bond donors (Lipinski definition) is 3. The molecule has 7 heteroatoms. The number of thiophene rings is 1. The lowest BCUT2D eigenvalue weighted by Gasteiger charge is -2.25. The van der Waals surface area contributed by atoms with Crippen molar-refractivity contribution in [2.45, 2.75) is 59.2 Å². The molecule has 0 radical (unpaired) electrons. The Morgan fingerprint density at radius 1 is 1.07 bits per heavy atom. The molecule has 158 valence electrons. The third kappa shape index (κ3) is 6.49. The van der Waals surface area contributed by atoms with E-state index in [-0.39, 0.29) is 23.9 Å². The van der Waals surface area contributed by atoms with Crippen molar-refractivity contribution in [3.63, 3.8) is 0 Å². The lowest BCUT2D eigenvalue weighted by Crippen LogP contribution is -2.36. The zero-order valence-electron chi connectivity index (χ0n) is 17.9. The third-order valence-corrected chi connectivity index (χ3v) is 5.36. The summed E-state index contributed by atoms with van der Waals surface area (Å²) in [5.41, 5.74) is 6.99. The summed E-state index contributed by atoms with van der Waals surface area (Å²) in [4.78, 5) is 25.8. The maximum Gasteiger partial charge on any atom is 0.408 e. The molecule has 0 aliphatic carbocycles. The van der Waals surface area contributed by atoms with Gasteiger partial charge in [0.2, 0.25) is 0 Å². The molecule has 0 saturated heterocycles. The molecular formula is C22H31N3O3S. The Morgan fingerprint density at radius 3 is 2.24 bits per heavy atom. The zero-order valence-corrected chi connectivity index (χ0v) is 18.7. The second-order valence-electron chi connectivity index (χ2n) is 8.40. The minimum absolute atomic E-state index is 0.0970. The summed E-state index contributed by atoms with van der Waals surface area (Å²) >= 11 is 1.31. The summed E-state index contributed by atoms with van der Waals surface area (Å²) < 4.78 is 5.37. The van der Waals surface area contributed by atoms with Crippen molar-refractivity contribution in [2.24, 2.45) is 5.92 Å². The first-order valence-electron chi connectivity index (χ1n) is 9.72. The SMILES string of the molecule is CC(C)[C@H](NC(=O)OC(C)(C)C)c1cc(C(=O)N[C@@H](C)c2ccccc2)c(N)s1. The second-order valence-corrected chi connectivity index (χ2v) is 9.52. The summed E-state index contributed by atoms with van der Waals surface area (Å²) in [5, 5.41) is 6.31. The predicted molar refractivity (Wildman–Crippen MR) is 118 cm³/mol. The van der Waals surface area contributed by atoms with Gasteiger partial charge in [0.25, 0.3) is 5.91 Å². The van der Waals surface area contributed by atoms with Gasteiger partial charge in [0.1, 0.15) is 5.60 Å². The molecule has 2 atom stereocenters. The van der Waals surface area contributed by atoms with Gasteiger partial charge >= 0.3 is 6.09 Å². The molecule has 2 amide bonds. The van der Waals surface area contributed by atoms with Crippen LogP contribution in [0.3, 0.4) is 0 Å². The van der Waals surface area contributed by atoms with Crippen LogP contribution in [0.5, 0.6) is 0 Å². The van der Waals surface area contributed by atoms with Gasteiger partial charge in [0.15, 0.2) is 0 Å². The number of anilines is 1. The van der Waals surface area contributed by atoms with Crippen molar-refractivity contribution in [1.82, 2.24) is 10.6 Å². The van der Waals surface area contributed by atoms with Gasteiger partial charge in [-0.1, -0.05) is 44.2 Å². The molecule has 0 aliphatic rings. The molecule has 4 N–H and O–H groups in total. The molecule has 6 nitrogen and oxygen atoms in total. The highest BCUT2D eigenvalue weighted by Gasteiger charge is 2.26. The van der Waals surface area contributed by atoms with E-state index in [0.717, 1.165) is 10.4 Å². The fourth-order valence-corrected chi connectivity index (χ4v) is 4.01. The zero-order chi connectivity index (χ0) is 21.8. The second kappa shape index (κ2) is 9.31. The van der Waals surface area contributed by atoms with Crippen LogP contribution >= 0.6 is 11.3 Å². The van der Waals surface area contributed by atoms with Gasteiger partial charge in [-0.25, -0.2) is 4.79 Å². The minimum Gasteiger partial charge on any atom is -0.444 e. The van der Waals surface area contributed by atoms with Crippen LogP contribution in [-0.4, -0.2) is 17.6 Å². The Hall–Kier alpha value is -2.54. The largest absolute Gasteiger partial charge is 0.444 e. The lowest BCUT2D eigenvalue weighted by molar-refractivity contribution is 0.0490. The number of carbonyl (C=O) groups excluding carboxylic acids is 2. The van der Waals surface area contributed by atoms with Gasteiger partial charge in [-0.3, -0.25) is 4.79 Å². The first kappa shape index (κ1) is 22.7. The fourth-order valence-electron chi connectivity index (χ4n) is 2.86. The number of alkyl carbamates (subject to hydrolysis) is 1. The van der Waals surface area contributed by atoms with Crippen LogP contribution in [0.25, 0.3) is 0 Å². The first-order valence-corrected chi connectivity index (χ1v) is 10.5. The van der Waals surface area contributed by atoms with E-state index >= 15 is 0 Å². The predicted octanol–water partition coefficient (Wildman–Crippen LogP) is 5.04. The maximum atomic E-state index is 12.8. The van der Waals surface area contributed by atoms with Crippen molar-refractivity contribution < 1.29 is 14.3 Å². The Kier molecular flexibility index (Phi) is 7.30. The topological polar surface area (TPSA) is 93.4 Å². The molecule has 2 rings (SSSR count). The molecule has 0 saturated carbocycles. The number of carbonyl (C=O) groups is 2. The van der Waals surface area contributed by atoms with E-state index in [4.69, 9.17) is 10.5 Å². The van der Waals surface area contributed by atoms with Gasteiger partial charge in [-0.2, -0.15) is 0 Å². The average Bonchev–Trinajstić information content (AvgIpc) is 3.00. The van der Waals surface area contributed by atoms with E-state index in [1.807, 2.05) is 71.9 Å². The standard InChI is InChI=1S/C22H31N3O3S/c1-13(2)18(25-21(27)28-22(4,5)6)17-12-16(19(23)29-17)20(26)24-14(3)15-10-8-7-9-11-15/h7-14,18H,23H2,1-6H3,(H,24,26)(H,25,27)/t14-,18-/m0/s1. The van der Waals surface area contributed by atoms with Gasteiger partial charge in [0, 0.05) is 4.88 Å². The number of nitrogens with two attached hydrogens (primary N) is 1. The van der Waals surface area contributed by atoms with Crippen LogP contribution < -0.4 is 16.4 Å². The fraction of sp³-hybridized carbons (Fsp3) is 0.455. The van der Waals surface area contributed by atoms with E-state index < -0.39 is 11.7 Å². The van der Waals surface area contributed by atoms with Crippen LogP contribution in [0.2, 0.25) is 0 Å². The monoisotopic (exact) mass is 417 g/mol. The summed E-state index contributed by atoms with van der Waals surface area (Å²) in [5.74, 6) is -0.138. The molecule has 1 aromatic carbocycles. The first-order chi connectivity index (χ1) is 13.5. The number of rotatable bonds is 6. The van der Waals surface area contributed by atoms with Crippen LogP contribution in [0, 0.1) is 5.92 Å². The molecule has 0 fully saturated rings. The highest BCUT2D eigenvalue weighted by Crippen LogP contribution is 2.34. The van der Waals surface area contributed by atoms with Gasteiger partial charge in [-0.05, 0) is 45.2 Å². The summed E-state index contributed by atoms with van der Waals surface area (Å²) in [6, 6.07) is 11.0. The number of ether oxygens (including phenoxy) is 1. The Morgan fingerprint density at radius 2 is 1.69 bits per heavy atom. The lowest BCUT2D eigenvalue weighted by atomic mass is 10.0. The van der Waals surface area contributed by atoms with Crippen molar-refractivity contribution in [1.29, 1.82) is 0 Å². The molecule has 0 spiro atoms. The van der Waals surface area contributed by atoms with Crippen molar-refractivity contribution >= 4 is 28.3 Å². The van der Waals surface area contributed by atoms with Crippen LogP contribution in [0.1, 0.15) is 74.4 Å². The molecule has 0 bridgehead atoms. The number of amides is 2. The van der Waals surface area contributed by atoms with Crippen molar-refractivity contribution in [2.75, 3.05) is 5.73 Å². The maximum absolute atomic E-state index is 12.8. The van der Waals surface area contributed by atoms with Gasteiger partial charge in [-0.15, -0.1) is 11.3 Å². The molecule has 1 heterocycles. The molecular weight excluding hydrogens is 386 g/mol. The minimum atomic E-state index is -0.585. The molecule has 2 aromatic rings. The van der Waals surface area contributed by atoms with Crippen molar-refractivity contribution in [3.05, 3.63) is 52.4 Å². The van der Waals surface area contributed by atoms with Crippen molar-refractivity contribution in [3.8, 4) is 0 Å². The molecule has 29 heavy (non-hydrogen) atoms. The normalized spacial score (nSPS) is 13.6. The smallest absolute Gasteiger partial charge is 0.408 e. The summed E-state index contributed by atoms with van der Waals surface area (Å²) in [6.45, 7) is 11.4. The van der Waals surface area contributed by atoms with Gasteiger partial charge in [0.05, 0.1) is 22.6 Å². The highest BCUT2D eigenvalue weighted by atomic mass is 32.1. The summed E-state index contributed by atoms with van der Waals surface area (Å²) in [6.07, 6.45) is -0.494. The van der Waals surface area contributed by atoms with E-state index in [1.165, 1.54) is 11.3 Å².